The van der Waals surface area contributed by atoms with Gasteiger partial charge in [-0.3, -0.25) is 4.98 Å². The minimum atomic E-state index is 1.08. The molecule has 0 aliphatic carbocycles. The van der Waals surface area contributed by atoms with Crippen LogP contribution >= 0.6 is 0 Å². The van der Waals surface area contributed by atoms with E-state index in [4.69, 9.17) is 4.98 Å². The average Bonchev–Trinajstić information content (AvgIpc) is 3.03. The molecule has 116 valence electrons. The molecule has 0 saturated heterocycles. The van der Waals surface area contributed by atoms with Crippen molar-refractivity contribution < 1.29 is 0 Å². The number of aromatic nitrogens is 2. The van der Waals surface area contributed by atoms with Gasteiger partial charge in [-0.25, -0.2) is 0 Å². The number of hydrogen-bond donors (Lipinski definition) is 0. The first kappa shape index (κ1) is 13.0. The van der Waals surface area contributed by atoms with Crippen molar-refractivity contribution in [2.24, 2.45) is 0 Å². The van der Waals surface area contributed by atoms with E-state index in [1.54, 1.807) is 0 Å². The first-order valence-electron chi connectivity index (χ1n) is 8.51. The number of fused-ring (bicyclic) bond motifs is 3. The zero-order valence-corrected chi connectivity index (χ0v) is 13.5. The third-order valence-electron chi connectivity index (χ3n) is 5.18. The molecule has 0 aliphatic rings. The van der Waals surface area contributed by atoms with E-state index in [0.717, 1.165) is 5.52 Å². The van der Waals surface area contributed by atoms with Crippen LogP contribution in [0.3, 0.4) is 0 Å². The lowest BCUT2D eigenvalue weighted by Gasteiger charge is -2.07. The average molecular weight is 318 g/mol. The van der Waals surface area contributed by atoms with Crippen LogP contribution in [0.5, 0.6) is 0 Å². The first-order chi connectivity index (χ1) is 12.4. The Balaban J connectivity index is 2.00. The molecule has 0 radical (unpaired) electrons. The number of nitrogens with zero attached hydrogens (tertiary/aromatic N) is 2. The predicted octanol–water partition coefficient (Wildman–Crippen LogP) is 5.92. The molecule has 2 nitrogen and oxygen atoms in total. The van der Waals surface area contributed by atoms with Crippen molar-refractivity contribution in [2.75, 3.05) is 0 Å². The van der Waals surface area contributed by atoms with Gasteiger partial charge in [-0.15, -0.1) is 0 Å². The third-order valence-corrected chi connectivity index (χ3v) is 5.18. The van der Waals surface area contributed by atoms with Crippen molar-refractivity contribution in [2.45, 2.75) is 0 Å². The van der Waals surface area contributed by atoms with E-state index in [1.807, 2.05) is 12.3 Å². The van der Waals surface area contributed by atoms with E-state index in [2.05, 4.69) is 77.4 Å². The molecule has 6 rings (SSSR count). The summed E-state index contributed by atoms with van der Waals surface area (Å²) in [5.74, 6) is 0. The second-order valence-corrected chi connectivity index (χ2v) is 6.47. The quantitative estimate of drug-likeness (QED) is 0.344. The van der Waals surface area contributed by atoms with E-state index in [1.165, 1.54) is 43.7 Å². The van der Waals surface area contributed by atoms with Gasteiger partial charge in [-0.2, -0.15) is 0 Å². The minimum Gasteiger partial charge on any atom is -0.309 e. The van der Waals surface area contributed by atoms with Crippen molar-refractivity contribution in [3.8, 4) is 5.69 Å². The van der Waals surface area contributed by atoms with E-state index < -0.39 is 0 Å². The summed E-state index contributed by atoms with van der Waals surface area (Å²) in [5, 5.41) is 6.37. The topological polar surface area (TPSA) is 17.8 Å². The van der Waals surface area contributed by atoms with Crippen molar-refractivity contribution in [3.63, 3.8) is 0 Å². The fourth-order valence-corrected chi connectivity index (χ4v) is 4.22. The van der Waals surface area contributed by atoms with Crippen molar-refractivity contribution in [1.29, 1.82) is 0 Å². The maximum absolute atomic E-state index is 4.70. The lowest BCUT2D eigenvalue weighted by atomic mass is 9.97. The van der Waals surface area contributed by atoms with Crippen LogP contribution < -0.4 is 0 Å². The van der Waals surface area contributed by atoms with Crippen molar-refractivity contribution in [1.82, 2.24) is 9.55 Å². The van der Waals surface area contributed by atoms with Gasteiger partial charge in [0.25, 0.3) is 0 Å². The Morgan fingerprint density at radius 3 is 2.04 bits per heavy atom. The second-order valence-electron chi connectivity index (χ2n) is 6.47. The van der Waals surface area contributed by atoms with Crippen LogP contribution in [0.25, 0.3) is 49.2 Å². The van der Waals surface area contributed by atoms with E-state index in [9.17, 15) is 0 Å². The number of pyridine rings is 1. The molecule has 0 fully saturated rings. The highest BCUT2D eigenvalue weighted by atomic mass is 15.0. The number of benzene rings is 4. The first-order valence-corrected chi connectivity index (χ1v) is 8.51. The smallest absolute Gasteiger partial charge is 0.0787 e. The lowest BCUT2D eigenvalue weighted by Crippen LogP contribution is -1.92. The molecule has 2 aromatic heterocycles. The summed E-state index contributed by atoms with van der Waals surface area (Å²) in [6, 6.07) is 27.9. The van der Waals surface area contributed by atoms with Gasteiger partial charge in [0, 0.05) is 33.4 Å². The third kappa shape index (κ3) is 1.56. The largest absolute Gasteiger partial charge is 0.309 e. The number of hydrogen-bond acceptors (Lipinski definition) is 1. The maximum Gasteiger partial charge on any atom is 0.0787 e. The molecular weight excluding hydrogens is 304 g/mol. The normalized spacial score (nSPS) is 12.0. The summed E-state index contributed by atoms with van der Waals surface area (Å²) in [4.78, 5) is 4.70. The van der Waals surface area contributed by atoms with Crippen LogP contribution in [-0.4, -0.2) is 9.55 Å². The summed E-state index contributed by atoms with van der Waals surface area (Å²) in [7, 11) is 0. The Bertz CT molecular complexity index is 1290. The van der Waals surface area contributed by atoms with Gasteiger partial charge in [0.2, 0.25) is 0 Å². The molecule has 4 aromatic carbocycles. The van der Waals surface area contributed by atoms with Crippen molar-refractivity contribution >= 4 is 43.5 Å². The Morgan fingerprint density at radius 2 is 1.24 bits per heavy atom. The molecule has 0 N–H and O–H groups in total. The molecule has 2 heterocycles. The van der Waals surface area contributed by atoms with Gasteiger partial charge in [0.05, 0.1) is 16.6 Å². The SMILES string of the molecule is c1ccc(-n2c3cccc4c5cccnc5c5cccc2c5c43)cc1. The minimum absolute atomic E-state index is 1.08. The molecule has 2 heteroatoms. The summed E-state index contributed by atoms with van der Waals surface area (Å²) in [6.07, 6.45) is 1.89. The molecule has 0 spiro atoms. The molecule has 0 aliphatic heterocycles. The molecule has 0 amide bonds. The summed E-state index contributed by atoms with van der Waals surface area (Å²) < 4.78 is 2.36. The standard InChI is InChI=1S/C23H14N2/c1-2-7-15(8-3-1)25-19-12-4-9-16-17-11-6-14-24-23(17)18-10-5-13-20(25)22(18)21(16)19/h1-14H. The Morgan fingerprint density at radius 1 is 0.560 bits per heavy atom. The van der Waals surface area contributed by atoms with Gasteiger partial charge < -0.3 is 4.57 Å². The molecule has 0 unspecified atom stereocenters. The highest BCUT2D eigenvalue weighted by molar-refractivity contribution is 6.33. The number of para-hydroxylation sites is 1. The van der Waals surface area contributed by atoms with Crippen molar-refractivity contribution in [3.05, 3.63) is 85.1 Å². The van der Waals surface area contributed by atoms with Crippen LogP contribution in [0, 0.1) is 0 Å². The molecule has 0 atom stereocenters. The molecule has 0 bridgehead atoms. The van der Waals surface area contributed by atoms with Crippen LogP contribution in [0.2, 0.25) is 0 Å². The summed E-state index contributed by atoms with van der Waals surface area (Å²) in [5.41, 5.74) is 4.76. The Hall–Kier alpha value is -3.39. The predicted molar refractivity (Wildman–Crippen MR) is 105 cm³/mol. The maximum atomic E-state index is 4.70. The van der Waals surface area contributed by atoms with Gasteiger partial charge in [-0.1, -0.05) is 48.5 Å². The van der Waals surface area contributed by atoms with E-state index in [0.29, 0.717) is 0 Å². The van der Waals surface area contributed by atoms with Gasteiger partial charge in [-0.05, 0) is 35.7 Å². The second kappa shape index (κ2) is 4.58. The fraction of sp³-hybridized carbons (Fsp3) is 0. The molecule has 25 heavy (non-hydrogen) atoms. The summed E-state index contributed by atoms with van der Waals surface area (Å²) >= 11 is 0. The van der Waals surface area contributed by atoms with E-state index in [-0.39, 0.29) is 0 Å². The van der Waals surface area contributed by atoms with Crippen LogP contribution in [0.4, 0.5) is 0 Å². The highest BCUT2D eigenvalue weighted by Crippen LogP contribution is 2.42. The fourth-order valence-electron chi connectivity index (χ4n) is 4.22. The Kier molecular flexibility index (Phi) is 2.37. The van der Waals surface area contributed by atoms with Gasteiger partial charge >= 0.3 is 0 Å². The monoisotopic (exact) mass is 318 g/mol. The molecular formula is C23H14N2. The van der Waals surface area contributed by atoms with Gasteiger partial charge in [0.1, 0.15) is 0 Å². The van der Waals surface area contributed by atoms with Crippen LogP contribution in [-0.2, 0) is 0 Å². The van der Waals surface area contributed by atoms with E-state index >= 15 is 0 Å². The van der Waals surface area contributed by atoms with Gasteiger partial charge in [0.15, 0.2) is 0 Å². The molecule has 0 saturated carbocycles. The van der Waals surface area contributed by atoms with Crippen LogP contribution in [0.15, 0.2) is 85.1 Å². The lowest BCUT2D eigenvalue weighted by molar-refractivity contribution is 1.18. The highest BCUT2D eigenvalue weighted by Gasteiger charge is 2.19. The molecule has 6 aromatic rings. The Labute approximate surface area is 144 Å². The summed E-state index contributed by atoms with van der Waals surface area (Å²) in [6.45, 7) is 0. The number of rotatable bonds is 1. The van der Waals surface area contributed by atoms with Crippen LogP contribution in [0.1, 0.15) is 0 Å². The zero-order chi connectivity index (χ0) is 16.4. The zero-order valence-electron chi connectivity index (χ0n) is 13.5.